The first-order valence-electron chi connectivity index (χ1n) is 16.0. The summed E-state index contributed by atoms with van der Waals surface area (Å²) in [6.45, 7) is 0. The zero-order valence-corrected chi connectivity index (χ0v) is 26.7. The van der Waals surface area contributed by atoms with Crippen molar-refractivity contribution in [1.29, 1.82) is 0 Å². The molecule has 228 valence electrons. The van der Waals surface area contributed by atoms with Gasteiger partial charge >= 0.3 is 0 Å². The molecule has 0 N–H and O–H groups in total. The fourth-order valence-corrected chi connectivity index (χ4v) is 8.91. The Morgan fingerprint density at radius 3 is 1.79 bits per heavy atom. The summed E-state index contributed by atoms with van der Waals surface area (Å²) in [4.78, 5) is 1.41. The van der Waals surface area contributed by atoms with Gasteiger partial charge < -0.3 is 4.42 Å². The Balaban J connectivity index is 1.24. The molecule has 0 bridgehead atoms. The number of nitrogens with zero attached hydrogens (tertiary/aromatic N) is 1. The second-order valence-corrected chi connectivity index (χ2v) is 14.1. The molecule has 1 aliphatic heterocycles. The minimum atomic E-state index is -2.97. The van der Waals surface area contributed by atoms with Crippen LogP contribution in [0.1, 0.15) is 11.1 Å². The number of benzene rings is 7. The van der Waals surface area contributed by atoms with Crippen LogP contribution in [0.25, 0.3) is 67.1 Å². The average molecular weight is 636 g/mol. The summed E-state index contributed by atoms with van der Waals surface area (Å²) in [6.07, 6.45) is 2.09. The van der Waals surface area contributed by atoms with Crippen molar-refractivity contribution in [3.63, 3.8) is 0 Å². The van der Waals surface area contributed by atoms with Gasteiger partial charge in [-0.3, -0.25) is 0 Å². The average Bonchev–Trinajstić information content (AvgIpc) is 3.54. The van der Waals surface area contributed by atoms with Crippen LogP contribution in [0.4, 0.5) is 0 Å². The van der Waals surface area contributed by atoms with Crippen LogP contribution >= 0.6 is 0 Å². The molecular formula is C44H29NO2S. The van der Waals surface area contributed by atoms with Crippen molar-refractivity contribution in [3.8, 4) is 33.4 Å². The van der Waals surface area contributed by atoms with E-state index in [1.165, 1.54) is 11.1 Å². The monoisotopic (exact) mass is 635 g/mol. The second-order valence-electron chi connectivity index (χ2n) is 12.0. The largest absolute Gasteiger partial charge is 0.456 e. The molecule has 0 amide bonds. The van der Waals surface area contributed by atoms with E-state index in [-0.39, 0.29) is 0 Å². The van der Waals surface area contributed by atoms with E-state index in [0.29, 0.717) is 10.6 Å². The maximum Gasteiger partial charge on any atom is 0.136 e. The smallest absolute Gasteiger partial charge is 0.136 e. The predicted octanol–water partition coefficient (Wildman–Crippen LogP) is 12.0. The first-order valence-corrected chi connectivity index (χ1v) is 17.5. The fourth-order valence-electron chi connectivity index (χ4n) is 6.77. The quantitative estimate of drug-likeness (QED) is 0.189. The maximum atomic E-state index is 15.1. The number of hydrogen-bond acceptors (Lipinski definition) is 3. The van der Waals surface area contributed by atoms with E-state index in [0.717, 1.165) is 60.2 Å². The summed E-state index contributed by atoms with van der Waals surface area (Å²) in [5.41, 5.74) is 10.8. The topological polar surface area (TPSA) is 42.6 Å². The molecule has 1 aliphatic rings. The highest BCUT2D eigenvalue weighted by Gasteiger charge is 2.27. The maximum absolute atomic E-state index is 15.1. The molecule has 48 heavy (non-hydrogen) atoms. The van der Waals surface area contributed by atoms with Crippen LogP contribution in [0.5, 0.6) is 0 Å². The van der Waals surface area contributed by atoms with Gasteiger partial charge in [0, 0.05) is 21.9 Å². The Labute approximate surface area is 279 Å². The van der Waals surface area contributed by atoms with Crippen molar-refractivity contribution in [1.82, 2.24) is 0 Å². The zero-order valence-electron chi connectivity index (χ0n) is 25.9. The molecule has 8 aromatic rings. The van der Waals surface area contributed by atoms with Gasteiger partial charge in [0.15, 0.2) is 0 Å². The molecule has 0 aliphatic carbocycles. The lowest BCUT2D eigenvalue weighted by molar-refractivity contribution is 0.669. The van der Waals surface area contributed by atoms with Crippen LogP contribution in [0, 0.1) is 0 Å². The van der Waals surface area contributed by atoms with Crippen LogP contribution in [0.3, 0.4) is 0 Å². The van der Waals surface area contributed by atoms with Crippen molar-refractivity contribution in [3.05, 3.63) is 181 Å². The van der Waals surface area contributed by atoms with Gasteiger partial charge in [0.2, 0.25) is 0 Å². The Bertz CT molecular complexity index is 2630. The number of furan rings is 1. The predicted molar refractivity (Wildman–Crippen MR) is 198 cm³/mol. The van der Waals surface area contributed by atoms with Crippen LogP contribution in [0.15, 0.2) is 188 Å². The number of rotatable bonds is 5. The van der Waals surface area contributed by atoms with Crippen molar-refractivity contribution < 1.29 is 8.63 Å². The van der Waals surface area contributed by atoms with Crippen molar-refractivity contribution in [2.24, 2.45) is 4.36 Å². The summed E-state index contributed by atoms with van der Waals surface area (Å²) in [7, 11) is -2.97. The molecule has 0 spiro atoms. The molecule has 0 saturated carbocycles. The van der Waals surface area contributed by atoms with Crippen LogP contribution in [-0.2, 0) is 9.73 Å². The van der Waals surface area contributed by atoms with E-state index >= 15 is 4.21 Å². The molecule has 0 saturated heterocycles. The molecule has 3 nitrogen and oxygen atoms in total. The van der Waals surface area contributed by atoms with E-state index in [2.05, 4.69) is 84.9 Å². The molecule has 0 fully saturated rings. The molecule has 1 atom stereocenters. The van der Waals surface area contributed by atoms with E-state index in [1.807, 2.05) is 91.0 Å². The van der Waals surface area contributed by atoms with Gasteiger partial charge in [-0.15, -0.1) is 0 Å². The molecular weight excluding hydrogens is 607 g/mol. The second kappa shape index (κ2) is 11.4. The molecule has 4 heteroatoms. The minimum Gasteiger partial charge on any atom is -0.456 e. The third-order valence-corrected chi connectivity index (χ3v) is 11.4. The highest BCUT2D eigenvalue weighted by Crippen LogP contribution is 2.44. The highest BCUT2D eigenvalue weighted by molar-refractivity contribution is 7.94. The van der Waals surface area contributed by atoms with Crippen LogP contribution in [-0.4, -0.2) is 4.21 Å². The molecule has 1 unspecified atom stereocenters. The lowest BCUT2D eigenvalue weighted by atomic mass is 9.93. The van der Waals surface area contributed by atoms with Crippen molar-refractivity contribution in [2.75, 3.05) is 0 Å². The summed E-state index contributed by atoms with van der Waals surface area (Å²) in [6, 6.07) is 57.4. The summed E-state index contributed by atoms with van der Waals surface area (Å²) in [5, 5.41) is 2.08. The first-order chi connectivity index (χ1) is 23.7. The number of hydrogen-bond donors (Lipinski definition) is 0. The van der Waals surface area contributed by atoms with Gasteiger partial charge in [0.05, 0.1) is 15.5 Å². The summed E-state index contributed by atoms with van der Waals surface area (Å²) in [5.74, 6) is 0. The molecule has 7 aromatic carbocycles. The minimum absolute atomic E-state index is 0.694. The Kier molecular flexibility index (Phi) is 6.70. The van der Waals surface area contributed by atoms with E-state index in [1.54, 1.807) is 0 Å². The Hall–Kier alpha value is -5.97. The third kappa shape index (κ3) is 4.69. The normalized spacial score (nSPS) is 15.5. The van der Waals surface area contributed by atoms with Gasteiger partial charge in [-0.05, 0) is 75.9 Å². The summed E-state index contributed by atoms with van der Waals surface area (Å²) >= 11 is 0. The zero-order chi connectivity index (χ0) is 32.1. The molecule has 1 aromatic heterocycles. The Morgan fingerprint density at radius 1 is 0.479 bits per heavy atom. The third-order valence-electron chi connectivity index (χ3n) is 9.11. The SMILES string of the molecule is O=S1(c2ccccc2)=NC(c2ccccc2)=Cc2c(-c3cccc4oc5ccc(-c6ccc(-c7ccccc7)cc6)cc5c34)cccc21. The first kappa shape index (κ1) is 28.3. The van der Waals surface area contributed by atoms with Gasteiger partial charge in [0.1, 0.15) is 20.9 Å². The highest BCUT2D eigenvalue weighted by atomic mass is 32.2. The van der Waals surface area contributed by atoms with Gasteiger partial charge in [-0.2, -0.15) is 4.36 Å². The molecule has 2 heterocycles. The molecule has 9 rings (SSSR count). The number of fused-ring (bicyclic) bond motifs is 4. The standard InChI is InChI=1S/C44H29NO2S/c46-48(35-16-8-3-9-17-35)43-21-11-18-36(38(43)29-40(45-48)33-14-6-2-7-15-33)37-19-10-20-42-44(37)39-28-34(26-27-41(39)47-42)32-24-22-31(23-25-32)30-12-4-1-5-13-30/h1-29H. The lowest BCUT2D eigenvalue weighted by Gasteiger charge is -2.22. The Morgan fingerprint density at radius 2 is 1.06 bits per heavy atom. The van der Waals surface area contributed by atoms with E-state index in [4.69, 9.17) is 8.78 Å². The lowest BCUT2D eigenvalue weighted by Crippen LogP contribution is -2.09. The van der Waals surface area contributed by atoms with Crippen LogP contribution in [0.2, 0.25) is 0 Å². The van der Waals surface area contributed by atoms with E-state index in [9.17, 15) is 0 Å². The summed E-state index contributed by atoms with van der Waals surface area (Å²) < 4.78 is 26.5. The van der Waals surface area contributed by atoms with Crippen molar-refractivity contribution >= 4 is 43.4 Å². The molecule has 0 radical (unpaired) electrons. The van der Waals surface area contributed by atoms with Crippen LogP contribution < -0.4 is 0 Å². The van der Waals surface area contributed by atoms with Gasteiger partial charge in [-0.25, -0.2) is 4.21 Å². The fraction of sp³-hybridized carbons (Fsp3) is 0. The van der Waals surface area contributed by atoms with E-state index < -0.39 is 9.73 Å². The van der Waals surface area contributed by atoms with Gasteiger partial charge in [-0.1, -0.05) is 133 Å². The van der Waals surface area contributed by atoms with Crippen molar-refractivity contribution in [2.45, 2.75) is 9.79 Å². The van der Waals surface area contributed by atoms with Gasteiger partial charge in [0.25, 0.3) is 0 Å².